The molecule has 13 nitrogen and oxygen atoms in total. The second kappa shape index (κ2) is 16.5. The maximum Gasteiger partial charge on any atom is 0.326 e. The van der Waals surface area contributed by atoms with Crippen LogP contribution in [0.15, 0.2) is 30.5 Å². The van der Waals surface area contributed by atoms with Crippen LogP contribution in [0.4, 0.5) is 0 Å². The van der Waals surface area contributed by atoms with Crippen LogP contribution in [-0.4, -0.2) is 87.6 Å². The zero-order valence-electron chi connectivity index (χ0n) is 22.4. The summed E-state index contributed by atoms with van der Waals surface area (Å²) in [6.07, 6.45) is 4.46. The van der Waals surface area contributed by atoms with Gasteiger partial charge in [-0.2, -0.15) is 11.8 Å². The van der Waals surface area contributed by atoms with Crippen molar-refractivity contribution < 1.29 is 34.2 Å². The summed E-state index contributed by atoms with van der Waals surface area (Å²) < 4.78 is 0. The Kier molecular flexibility index (Phi) is 13.4. The van der Waals surface area contributed by atoms with Gasteiger partial charge in [0.2, 0.25) is 17.7 Å². The van der Waals surface area contributed by atoms with Crippen molar-refractivity contribution in [2.45, 2.75) is 62.7 Å². The minimum atomic E-state index is -1.71. The molecule has 0 saturated carbocycles. The number of nitrogens with one attached hydrogen (secondary N) is 4. The molecule has 0 aliphatic heterocycles. The minimum Gasteiger partial charge on any atom is -0.481 e. The molecule has 2 rings (SSSR count). The molecule has 40 heavy (non-hydrogen) atoms. The first-order valence-electron chi connectivity index (χ1n) is 12.9. The van der Waals surface area contributed by atoms with Crippen molar-refractivity contribution >= 4 is 52.3 Å². The second-order valence-electron chi connectivity index (χ2n) is 9.36. The number of unbranched alkanes of at least 4 members (excludes halogenated alkanes) is 1. The van der Waals surface area contributed by atoms with Crippen molar-refractivity contribution in [2.75, 3.05) is 18.6 Å². The van der Waals surface area contributed by atoms with E-state index in [0.29, 0.717) is 37.1 Å². The molecule has 1 aromatic carbocycles. The molecule has 4 atom stereocenters. The Morgan fingerprint density at radius 2 is 1.57 bits per heavy atom. The number of carboxylic acids is 2. The lowest BCUT2D eigenvalue weighted by Crippen LogP contribution is -2.57. The average molecular weight is 579 g/mol. The van der Waals surface area contributed by atoms with Crippen molar-refractivity contribution in [3.05, 3.63) is 36.0 Å². The van der Waals surface area contributed by atoms with Crippen LogP contribution in [0.25, 0.3) is 10.9 Å². The van der Waals surface area contributed by atoms with Crippen molar-refractivity contribution in [3.63, 3.8) is 0 Å². The highest BCUT2D eigenvalue weighted by Crippen LogP contribution is 2.19. The molecule has 0 fully saturated rings. The van der Waals surface area contributed by atoms with Gasteiger partial charge in [-0.05, 0) is 55.9 Å². The first kappa shape index (κ1) is 32.6. The highest BCUT2D eigenvalue weighted by molar-refractivity contribution is 7.98. The van der Waals surface area contributed by atoms with Crippen molar-refractivity contribution in [1.82, 2.24) is 20.9 Å². The molecule has 2 aromatic rings. The SMILES string of the molecule is CSCCC(N)C(=O)NC(CCCCN)C(=O)NC(Cc1c[nH]c2ccccc12)C(=O)NC(CC(=O)O)C(=O)O. The van der Waals surface area contributed by atoms with E-state index in [4.69, 9.17) is 16.6 Å². The van der Waals surface area contributed by atoms with Gasteiger partial charge in [0.05, 0.1) is 12.5 Å². The van der Waals surface area contributed by atoms with E-state index in [1.807, 2.05) is 30.5 Å². The van der Waals surface area contributed by atoms with E-state index < -0.39 is 60.2 Å². The van der Waals surface area contributed by atoms with Gasteiger partial charge < -0.3 is 42.6 Å². The van der Waals surface area contributed by atoms with E-state index >= 15 is 0 Å². The Hall–Kier alpha value is -3.62. The highest BCUT2D eigenvalue weighted by Gasteiger charge is 2.31. The molecule has 220 valence electrons. The standard InChI is InChI=1S/C26H38N6O7S/c1-40-11-9-17(28)23(35)30-19(8-4-5-10-27)24(36)31-20(25(37)32-21(26(38)39)13-22(33)34)12-15-14-29-18-7-3-2-6-16(15)18/h2-3,6-7,14,17,19-21,29H,4-5,8-13,27-28H2,1H3,(H,30,35)(H,31,36)(H,32,37)(H,33,34)(H,38,39). The molecule has 4 unspecified atom stereocenters. The third-order valence-corrected chi connectivity index (χ3v) is 6.92. The van der Waals surface area contributed by atoms with Crippen LogP contribution in [0.1, 0.15) is 37.7 Å². The quantitative estimate of drug-likeness (QED) is 0.110. The number of amides is 3. The van der Waals surface area contributed by atoms with Crippen LogP contribution >= 0.6 is 11.8 Å². The molecule has 1 aromatic heterocycles. The summed E-state index contributed by atoms with van der Waals surface area (Å²) in [5.74, 6) is -4.33. The number of nitrogens with two attached hydrogens (primary N) is 2. The van der Waals surface area contributed by atoms with Crippen molar-refractivity contribution in [2.24, 2.45) is 11.5 Å². The first-order chi connectivity index (χ1) is 19.1. The number of para-hydroxylation sites is 1. The number of fused-ring (bicyclic) bond motifs is 1. The van der Waals surface area contributed by atoms with Crippen molar-refractivity contribution in [3.8, 4) is 0 Å². The fourth-order valence-electron chi connectivity index (χ4n) is 4.07. The summed E-state index contributed by atoms with van der Waals surface area (Å²) in [7, 11) is 0. The predicted octanol–water partition coefficient (Wildman–Crippen LogP) is -0.0665. The average Bonchev–Trinajstić information content (AvgIpc) is 3.32. The van der Waals surface area contributed by atoms with Gasteiger partial charge >= 0.3 is 11.9 Å². The molecule has 0 aliphatic rings. The third kappa shape index (κ3) is 10.2. The molecule has 0 saturated heterocycles. The molecule has 1 heterocycles. The van der Waals surface area contributed by atoms with E-state index in [0.717, 1.165) is 10.9 Å². The number of hydrogen-bond acceptors (Lipinski definition) is 8. The Labute approximate surface area is 236 Å². The number of carbonyl (C=O) groups is 5. The number of aromatic amines is 1. The molecule has 3 amide bonds. The van der Waals surface area contributed by atoms with E-state index in [2.05, 4.69) is 20.9 Å². The van der Waals surface area contributed by atoms with E-state index in [1.165, 1.54) is 11.8 Å². The maximum absolute atomic E-state index is 13.4. The monoisotopic (exact) mass is 578 g/mol. The van der Waals surface area contributed by atoms with Crippen LogP contribution in [-0.2, 0) is 30.4 Å². The lowest BCUT2D eigenvalue weighted by molar-refractivity contribution is -0.147. The predicted molar refractivity (Wildman–Crippen MR) is 152 cm³/mol. The Morgan fingerprint density at radius 1 is 0.925 bits per heavy atom. The summed E-state index contributed by atoms with van der Waals surface area (Å²) in [6, 6.07) is 2.47. The second-order valence-corrected chi connectivity index (χ2v) is 10.3. The summed E-state index contributed by atoms with van der Waals surface area (Å²) in [4.78, 5) is 65.1. The topological polar surface area (TPSA) is 230 Å². The van der Waals surface area contributed by atoms with Crippen LogP contribution in [0.5, 0.6) is 0 Å². The number of aliphatic carboxylic acids is 2. The van der Waals surface area contributed by atoms with Crippen LogP contribution in [0.2, 0.25) is 0 Å². The molecule has 10 N–H and O–H groups in total. The number of carboxylic acid groups (broad SMARTS) is 2. The molecule has 0 spiro atoms. The van der Waals surface area contributed by atoms with E-state index in [1.54, 1.807) is 6.20 Å². The van der Waals surface area contributed by atoms with Crippen LogP contribution in [0.3, 0.4) is 0 Å². The molecule has 0 aliphatic carbocycles. The normalized spacial score (nSPS) is 14.1. The molecular formula is C26H38N6O7S. The molecular weight excluding hydrogens is 540 g/mol. The zero-order valence-corrected chi connectivity index (χ0v) is 23.2. The third-order valence-electron chi connectivity index (χ3n) is 6.27. The lowest BCUT2D eigenvalue weighted by Gasteiger charge is -2.25. The summed E-state index contributed by atoms with van der Waals surface area (Å²) in [6.45, 7) is 0.390. The number of H-pyrrole nitrogens is 1. The van der Waals surface area contributed by atoms with Gasteiger partial charge in [-0.15, -0.1) is 0 Å². The molecule has 0 bridgehead atoms. The van der Waals surface area contributed by atoms with Gasteiger partial charge in [0.15, 0.2) is 0 Å². The largest absolute Gasteiger partial charge is 0.481 e. The molecule has 14 heteroatoms. The zero-order chi connectivity index (χ0) is 29.7. The highest BCUT2D eigenvalue weighted by atomic mass is 32.2. The smallest absolute Gasteiger partial charge is 0.326 e. The minimum absolute atomic E-state index is 0.0301. The summed E-state index contributed by atoms with van der Waals surface area (Å²) in [5.41, 5.74) is 13.0. The Bertz CT molecular complexity index is 1170. The lowest BCUT2D eigenvalue weighted by atomic mass is 10.0. The van der Waals surface area contributed by atoms with Gasteiger partial charge in [0, 0.05) is 23.5 Å². The number of carbonyl (C=O) groups excluding carboxylic acids is 3. The van der Waals surface area contributed by atoms with Gasteiger partial charge in [0.25, 0.3) is 0 Å². The Balaban J connectivity index is 2.30. The first-order valence-corrected chi connectivity index (χ1v) is 14.3. The number of aromatic nitrogens is 1. The van der Waals surface area contributed by atoms with E-state index in [-0.39, 0.29) is 12.8 Å². The maximum atomic E-state index is 13.4. The van der Waals surface area contributed by atoms with Gasteiger partial charge in [-0.3, -0.25) is 19.2 Å². The van der Waals surface area contributed by atoms with Gasteiger partial charge in [-0.25, -0.2) is 4.79 Å². The molecule has 0 radical (unpaired) electrons. The summed E-state index contributed by atoms with van der Waals surface area (Å²) >= 11 is 1.53. The van der Waals surface area contributed by atoms with Gasteiger partial charge in [-0.1, -0.05) is 18.2 Å². The Morgan fingerprint density at radius 3 is 2.23 bits per heavy atom. The number of thioether (sulfide) groups is 1. The number of benzene rings is 1. The fourth-order valence-corrected chi connectivity index (χ4v) is 4.55. The summed E-state index contributed by atoms with van der Waals surface area (Å²) in [5, 5.41) is 26.8. The van der Waals surface area contributed by atoms with Gasteiger partial charge in [0.1, 0.15) is 18.1 Å². The number of rotatable bonds is 18. The van der Waals surface area contributed by atoms with E-state index in [9.17, 15) is 29.1 Å². The van der Waals surface area contributed by atoms with Crippen LogP contribution in [0, 0.1) is 0 Å². The fraction of sp³-hybridized carbons (Fsp3) is 0.500. The van der Waals surface area contributed by atoms with Crippen LogP contribution < -0.4 is 27.4 Å². The number of hydrogen-bond donors (Lipinski definition) is 8. The van der Waals surface area contributed by atoms with Crippen molar-refractivity contribution in [1.29, 1.82) is 0 Å².